The normalized spacial score (nSPS) is 18.5. The zero-order valence-electron chi connectivity index (χ0n) is 18.5. The van der Waals surface area contributed by atoms with Gasteiger partial charge in [0.2, 0.25) is 0 Å². The van der Waals surface area contributed by atoms with E-state index in [0.29, 0.717) is 41.2 Å². The molecule has 1 aromatic carbocycles. The number of aromatic amines is 1. The number of benzene rings is 1. The van der Waals surface area contributed by atoms with Crippen LogP contribution in [0.1, 0.15) is 22.6 Å². The first-order valence-corrected chi connectivity index (χ1v) is 11.9. The topological polar surface area (TPSA) is 101 Å². The highest BCUT2D eigenvalue weighted by molar-refractivity contribution is 7.18. The quantitative estimate of drug-likeness (QED) is 0.414. The van der Waals surface area contributed by atoms with Crippen LogP contribution in [0.15, 0.2) is 41.7 Å². The molecular weight excluding hydrogens is 477 g/mol. The molecule has 4 aromatic rings. The Hall–Kier alpha value is -3.33. The Labute approximate surface area is 202 Å². The van der Waals surface area contributed by atoms with Crippen molar-refractivity contribution in [3.63, 3.8) is 0 Å². The number of aliphatic hydroxyl groups excluding tert-OH is 1. The van der Waals surface area contributed by atoms with Crippen molar-refractivity contribution >= 4 is 44.0 Å². The van der Waals surface area contributed by atoms with Gasteiger partial charge in [0.1, 0.15) is 22.9 Å². The van der Waals surface area contributed by atoms with Crippen LogP contribution < -0.4 is 0 Å². The number of nitrogens with one attached hydrogen (secondary N) is 1. The number of hydrogen-bond donors (Lipinski definition) is 2. The van der Waals surface area contributed by atoms with Gasteiger partial charge in [0, 0.05) is 47.0 Å². The molecule has 0 amide bonds. The molecule has 1 aliphatic heterocycles. The zero-order chi connectivity index (χ0) is 24.6. The summed E-state index contributed by atoms with van der Waals surface area (Å²) in [4.78, 5) is 18.9. The second kappa shape index (κ2) is 9.37. The molecule has 11 heteroatoms. The number of thiophene rings is 1. The second-order valence-corrected chi connectivity index (χ2v) is 9.72. The fourth-order valence-corrected chi connectivity index (χ4v) is 5.46. The third-order valence-corrected chi connectivity index (χ3v) is 7.09. The van der Waals surface area contributed by atoms with E-state index in [0.717, 1.165) is 40.1 Å². The number of aromatic nitrogens is 3. The summed E-state index contributed by atoms with van der Waals surface area (Å²) in [6.45, 7) is 1.92. The third-order valence-electron chi connectivity index (χ3n) is 6.05. The Bertz CT molecular complexity index is 1450. The minimum Gasteiger partial charge on any atom is -0.396 e. The molecule has 0 bridgehead atoms. The van der Waals surface area contributed by atoms with Gasteiger partial charge < -0.3 is 10.1 Å². The molecule has 0 radical (unpaired) electrons. The van der Waals surface area contributed by atoms with E-state index >= 15 is 0 Å². The van der Waals surface area contributed by atoms with Crippen molar-refractivity contribution in [1.82, 2.24) is 19.9 Å². The molecule has 1 saturated heterocycles. The van der Waals surface area contributed by atoms with Crippen molar-refractivity contribution in [1.29, 1.82) is 5.26 Å². The van der Waals surface area contributed by atoms with E-state index in [1.54, 1.807) is 0 Å². The van der Waals surface area contributed by atoms with Gasteiger partial charge in [0.15, 0.2) is 5.82 Å². The van der Waals surface area contributed by atoms with Crippen LogP contribution in [0.2, 0.25) is 0 Å². The number of likely N-dealkylation sites (tertiary alicyclic amines) is 1. The van der Waals surface area contributed by atoms with Gasteiger partial charge in [-0.25, -0.2) is 15.0 Å². The van der Waals surface area contributed by atoms with E-state index < -0.39 is 12.6 Å². The fraction of sp³-hybridized carbons (Fsp3) is 0.333. The van der Waals surface area contributed by atoms with Gasteiger partial charge >= 0.3 is 6.18 Å². The van der Waals surface area contributed by atoms with Crippen LogP contribution in [0.25, 0.3) is 21.1 Å². The van der Waals surface area contributed by atoms with Crippen LogP contribution in [0.4, 0.5) is 19.0 Å². The maximum atomic E-state index is 12.8. The summed E-state index contributed by atoms with van der Waals surface area (Å²) in [5.74, 6) is 0.135. The Kier molecular flexibility index (Phi) is 6.27. The molecule has 1 aliphatic rings. The van der Waals surface area contributed by atoms with E-state index in [2.05, 4.69) is 37.0 Å². The summed E-state index contributed by atoms with van der Waals surface area (Å²) in [7, 11) is 0. The number of alkyl halides is 3. The van der Waals surface area contributed by atoms with Crippen LogP contribution in [-0.4, -0.2) is 56.5 Å². The summed E-state index contributed by atoms with van der Waals surface area (Å²) in [5, 5.41) is 20.6. The van der Waals surface area contributed by atoms with Crippen molar-refractivity contribution < 1.29 is 18.3 Å². The van der Waals surface area contributed by atoms with Gasteiger partial charge in [-0.1, -0.05) is 6.07 Å². The number of nitriles is 1. The van der Waals surface area contributed by atoms with Crippen molar-refractivity contribution in [2.24, 2.45) is 10.9 Å². The SMILES string of the molecule is N#Cc1cc2cc(CN3CC/C(=N\c4ncnc5sc(CC(F)(F)F)cc45)[C@H](CO)C3)ccc2[nH]1. The highest BCUT2D eigenvalue weighted by atomic mass is 32.1. The number of nitrogens with zero attached hydrogens (tertiary/aromatic N) is 5. The number of fused-ring (bicyclic) bond motifs is 2. The maximum absolute atomic E-state index is 12.8. The Morgan fingerprint density at radius 2 is 2.11 bits per heavy atom. The molecule has 0 saturated carbocycles. The molecule has 0 aliphatic carbocycles. The lowest BCUT2D eigenvalue weighted by Crippen LogP contribution is -2.41. The Balaban J connectivity index is 1.33. The summed E-state index contributed by atoms with van der Waals surface area (Å²) in [6.07, 6.45) is -3.38. The van der Waals surface area contributed by atoms with E-state index in [1.165, 1.54) is 12.4 Å². The summed E-state index contributed by atoms with van der Waals surface area (Å²) in [6, 6.07) is 11.4. The second-order valence-electron chi connectivity index (χ2n) is 8.60. The van der Waals surface area contributed by atoms with Gasteiger partial charge in [-0.2, -0.15) is 18.4 Å². The summed E-state index contributed by atoms with van der Waals surface area (Å²) < 4.78 is 38.5. The molecule has 1 fully saturated rings. The average Bonchev–Trinajstić information content (AvgIpc) is 3.42. The van der Waals surface area contributed by atoms with Gasteiger partial charge in [0.25, 0.3) is 0 Å². The molecule has 1 atom stereocenters. The lowest BCUT2D eigenvalue weighted by molar-refractivity contribution is -0.126. The van der Waals surface area contributed by atoms with E-state index in [-0.39, 0.29) is 17.4 Å². The van der Waals surface area contributed by atoms with Crippen molar-refractivity contribution in [3.05, 3.63) is 52.8 Å². The van der Waals surface area contributed by atoms with Crippen molar-refractivity contribution in [2.45, 2.75) is 25.6 Å². The van der Waals surface area contributed by atoms with Crippen LogP contribution in [0.3, 0.4) is 0 Å². The molecule has 35 heavy (non-hydrogen) atoms. The number of rotatable bonds is 5. The zero-order valence-corrected chi connectivity index (χ0v) is 19.3. The monoisotopic (exact) mass is 498 g/mol. The molecule has 0 unspecified atom stereocenters. The van der Waals surface area contributed by atoms with Gasteiger partial charge in [-0.15, -0.1) is 11.3 Å². The number of H-pyrrole nitrogens is 1. The minimum atomic E-state index is -4.29. The van der Waals surface area contributed by atoms with Crippen LogP contribution in [0.5, 0.6) is 0 Å². The molecule has 0 spiro atoms. The van der Waals surface area contributed by atoms with Gasteiger partial charge in [-0.05, 0) is 36.2 Å². The third kappa shape index (κ3) is 5.19. The summed E-state index contributed by atoms with van der Waals surface area (Å²) >= 11 is 0.994. The molecule has 3 aromatic heterocycles. The fourth-order valence-electron chi connectivity index (χ4n) is 4.44. The number of halogens is 3. The van der Waals surface area contributed by atoms with E-state index in [9.17, 15) is 18.3 Å². The number of piperidine rings is 1. The van der Waals surface area contributed by atoms with Crippen molar-refractivity contribution in [3.8, 4) is 6.07 Å². The minimum absolute atomic E-state index is 0.0884. The first kappa shape index (κ1) is 23.4. The van der Waals surface area contributed by atoms with E-state index in [4.69, 9.17) is 5.26 Å². The first-order valence-electron chi connectivity index (χ1n) is 11.0. The van der Waals surface area contributed by atoms with Gasteiger partial charge in [0.05, 0.1) is 18.4 Å². The predicted molar refractivity (Wildman–Crippen MR) is 128 cm³/mol. The van der Waals surface area contributed by atoms with Crippen LogP contribution in [0, 0.1) is 17.2 Å². The number of aliphatic hydroxyl groups is 1. The predicted octanol–water partition coefficient (Wildman–Crippen LogP) is 4.74. The Morgan fingerprint density at radius 3 is 2.89 bits per heavy atom. The maximum Gasteiger partial charge on any atom is 0.393 e. The number of hydrogen-bond acceptors (Lipinski definition) is 7. The molecule has 4 heterocycles. The summed E-state index contributed by atoms with van der Waals surface area (Å²) in [5.41, 5.74) is 3.32. The molecular formula is C24H21F3N6OS. The smallest absolute Gasteiger partial charge is 0.393 e. The molecule has 2 N–H and O–H groups in total. The standard InChI is InChI=1S/C24H21F3N6OS/c25-24(26,27)8-18-7-19-22(29-13-30-23(19)35-18)32-21-3-4-33(11-16(21)12-34)10-14-1-2-20-15(5-14)6-17(9-28)31-20/h1-2,5-7,13,16,31,34H,3-4,8,10-12H2/b32-21+/t16-/m0/s1. The molecule has 5 rings (SSSR count). The highest BCUT2D eigenvalue weighted by Crippen LogP contribution is 2.34. The lowest BCUT2D eigenvalue weighted by Gasteiger charge is -2.33. The van der Waals surface area contributed by atoms with Gasteiger partial charge in [-0.3, -0.25) is 4.90 Å². The largest absolute Gasteiger partial charge is 0.396 e. The lowest BCUT2D eigenvalue weighted by atomic mass is 9.95. The highest BCUT2D eigenvalue weighted by Gasteiger charge is 2.29. The van der Waals surface area contributed by atoms with E-state index in [1.807, 2.05) is 18.2 Å². The van der Waals surface area contributed by atoms with Crippen LogP contribution >= 0.6 is 11.3 Å². The first-order chi connectivity index (χ1) is 16.8. The average molecular weight is 499 g/mol. The Morgan fingerprint density at radius 1 is 1.26 bits per heavy atom. The van der Waals surface area contributed by atoms with Crippen molar-refractivity contribution in [2.75, 3.05) is 19.7 Å². The number of aliphatic imine (C=N–C) groups is 1. The molecule has 180 valence electrons. The molecule has 7 nitrogen and oxygen atoms in total. The van der Waals surface area contributed by atoms with Crippen LogP contribution in [-0.2, 0) is 13.0 Å².